The fourth-order valence-corrected chi connectivity index (χ4v) is 4.29. The monoisotopic (exact) mass is 486 g/mol. The molecule has 0 spiro atoms. The van der Waals surface area contributed by atoms with Crippen LogP contribution in [0.25, 0.3) is 5.76 Å². The van der Waals surface area contributed by atoms with Crippen LogP contribution in [0.5, 0.6) is 17.2 Å². The molecular weight excluding hydrogens is 456 g/mol. The standard InChI is InChI=1S/C29H30N2O5/c1-30(2)17-8-18-31-26(21-9-7-12-24(19-21)36-23-10-5-4-6-11-23)25(28(33)29(31)34)27(32)20-13-15-22(35-3)16-14-20/h4-7,9-16,19,26,32H,8,17-18H2,1-3H3/t26-/m1/s1. The van der Waals surface area contributed by atoms with Crippen LogP contribution >= 0.6 is 0 Å². The van der Waals surface area contributed by atoms with Crippen LogP contribution in [0.2, 0.25) is 0 Å². The first-order chi connectivity index (χ1) is 17.4. The maximum Gasteiger partial charge on any atom is 0.295 e. The average molecular weight is 487 g/mol. The highest BCUT2D eigenvalue weighted by Gasteiger charge is 2.45. The Bertz CT molecular complexity index is 1250. The van der Waals surface area contributed by atoms with E-state index in [9.17, 15) is 14.7 Å². The van der Waals surface area contributed by atoms with Crippen LogP contribution in [0.3, 0.4) is 0 Å². The zero-order valence-electron chi connectivity index (χ0n) is 20.7. The second-order valence-electron chi connectivity index (χ2n) is 8.87. The molecule has 0 unspecified atom stereocenters. The minimum atomic E-state index is -0.742. The number of carbonyl (C=O) groups is 2. The molecule has 36 heavy (non-hydrogen) atoms. The number of nitrogens with zero attached hydrogens (tertiary/aromatic N) is 2. The molecule has 3 aromatic rings. The van der Waals surface area contributed by atoms with Crippen molar-refractivity contribution in [3.8, 4) is 17.2 Å². The molecule has 0 aliphatic carbocycles. The first-order valence-corrected chi connectivity index (χ1v) is 11.8. The highest BCUT2D eigenvalue weighted by Crippen LogP contribution is 2.40. The molecule has 0 aromatic heterocycles. The van der Waals surface area contributed by atoms with E-state index < -0.39 is 17.7 Å². The molecule has 7 heteroatoms. The van der Waals surface area contributed by atoms with Crippen molar-refractivity contribution in [3.63, 3.8) is 0 Å². The van der Waals surface area contributed by atoms with Crippen molar-refractivity contribution < 1.29 is 24.2 Å². The third-order valence-electron chi connectivity index (χ3n) is 6.06. The highest BCUT2D eigenvalue weighted by molar-refractivity contribution is 6.46. The second kappa shape index (κ2) is 11.1. The summed E-state index contributed by atoms with van der Waals surface area (Å²) in [6, 6.07) is 22.7. The summed E-state index contributed by atoms with van der Waals surface area (Å²) in [4.78, 5) is 30.0. The van der Waals surface area contributed by atoms with Gasteiger partial charge in [-0.1, -0.05) is 30.3 Å². The molecule has 1 N–H and O–H groups in total. The number of amides is 1. The largest absolute Gasteiger partial charge is 0.507 e. The number of ether oxygens (including phenoxy) is 2. The number of benzene rings is 3. The number of hydrogen-bond acceptors (Lipinski definition) is 6. The third-order valence-corrected chi connectivity index (χ3v) is 6.06. The molecular formula is C29H30N2O5. The van der Waals surface area contributed by atoms with Crippen LogP contribution in [-0.4, -0.2) is 60.9 Å². The van der Waals surface area contributed by atoms with Gasteiger partial charge in [-0.15, -0.1) is 0 Å². The first kappa shape index (κ1) is 25.0. The van der Waals surface area contributed by atoms with Gasteiger partial charge in [-0.25, -0.2) is 0 Å². The predicted octanol–water partition coefficient (Wildman–Crippen LogP) is 4.86. The zero-order chi connectivity index (χ0) is 25.7. The lowest BCUT2D eigenvalue weighted by atomic mass is 9.95. The Kier molecular flexibility index (Phi) is 7.71. The van der Waals surface area contributed by atoms with Gasteiger partial charge in [0.15, 0.2) is 0 Å². The number of aliphatic hydroxyl groups is 1. The van der Waals surface area contributed by atoms with Crippen LogP contribution in [0.1, 0.15) is 23.6 Å². The van der Waals surface area contributed by atoms with Crippen LogP contribution in [0, 0.1) is 0 Å². The van der Waals surface area contributed by atoms with E-state index in [1.807, 2.05) is 73.6 Å². The maximum atomic E-state index is 13.2. The molecule has 1 fully saturated rings. The number of hydrogen-bond donors (Lipinski definition) is 1. The summed E-state index contributed by atoms with van der Waals surface area (Å²) in [7, 11) is 5.47. The fourth-order valence-electron chi connectivity index (χ4n) is 4.29. The summed E-state index contributed by atoms with van der Waals surface area (Å²) < 4.78 is 11.2. The van der Waals surface area contributed by atoms with Gasteiger partial charge in [0.25, 0.3) is 11.7 Å². The first-order valence-electron chi connectivity index (χ1n) is 11.8. The third kappa shape index (κ3) is 5.42. The van der Waals surface area contributed by atoms with E-state index in [-0.39, 0.29) is 11.3 Å². The minimum absolute atomic E-state index is 0.0619. The average Bonchev–Trinajstić information content (AvgIpc) is 3.14. The minimum Gasteiger partial charge on any atom is -0.507 e. The number of likely N-dealkylation sites (tertiary alicyclic amines) is 1. The molecule has 0 saturated carbocycles. The smallest absolute Gasteiger partial charge is 0.295 e. The number of carbonyl (C=O) groups excluding carboxylic acids is 2. The van der Waals surface area contributed by atoms with Gasteiger partial charge in [0, 0.05) is 12.1 Å². The van der Waals surface area contributed by atoms with E-state index in [2.05, 4.69) is 0 Å². The molecule has 7 nitrogen and oxygen atoms in total. The maximum absolute atomic E-state index is 13.2. The lowest BCUT2D eigenvalue weighted by molar-refractivity contribution is -0.139. The van der Waals surface area contributed by atoms with Crippen molar-refractivity contribution in [1.29, 1.82) is 0 Å². The molecule has 1 heterocycles. The van der Waals surface area contributed by atoms with Gasteiger partial charge in [0.05, 0.1) is 18.7 Å². The molecule has 1 aliphatic heterocycles. The molecule has 1 saturated heterocycles. The quantitative estimate of drug-likeness (QED) is 0.264. The summed E-state index contributed by atoms with van der Waals surface area (Å²) in [6.07, 6.45) is 0.680. The molecule has 4 rings (SSSR count). The molecule has 1 aliphatic rings. The Balaban J connectivity index is 1.76. The summed E-state index contributed by atoms with van der Waals surface area (Å²) in [5, 5.41) is 11.2. The van der Waals surface area contributed by atoms with Gasteiger partial charge >= 0.3 is 0 Å². The van der Waals surface area contributed by atoms with E-state index in [4.69, 9.17) is 9.47 Å². The fraction of sp³-hybridized carbons (Fsp3) is 0.241. The lowest BCUT2D eigenvalue weighted by Gasteiger charge is -2.26. The Morgan fingerprint density at radius 3 is 2.28 bits per heavy atom. The van der Waals surface area contributed by atoms with Crippen LogP contribution < -0.4 is 9.47 Å². The van der Waals surface area contributed by atoms with Gasteiger partial charge in [0.1, 0.15) is 23.0 Å². The summed E-state index contributed by atoms with van der Waals surface area (Å²) in [6.45, 7) is 1.13. The van der Waals surface area contributed by atoms with Gasteiger partial charge < -0.3 is 24.4 Å². The number of methoxy groups -OCH3 is 1. The summed E-state index contributed by atoms with van der Waals surface area (Å²) in [5.41, 5.74) is 1.18. The second-order valence-corrected chi connectivity index (χ2v) is 8.87. The van der Waals surface area contributed by atoms with Crippen molar-refractivity contribution in [1.82, 2.24) is 9.80 Å². The van der Waals surface area contributed by atoms with E-state index in [0.717, 1.165) is 6.54 Å². The van der Waals surface area contributed by atoms with Crippen LogP contribution in [-0.2, 0) is 9.59 Å². The van der Waals surface area contributed by atoms with E-state index >= 15 is 0 Å². The van der Waals surface area contributed by atoms with Gasteiger partial charge in [0.2, 0.25) is 0 Å². The molecule has 0 radical (unpaired) electrons. The number of Topliss-reactive ketones (excluding diaryl/α,β-unsaturated/α-hetero) is 1. The SMILES string of the molecule is COc1ccc(C(O)=C2C(=O)C(=O)N(CCCN(C)C)[C@@H]2c2cccc(Oc3ccccc3)c2)cc1. The number of ketones is 1. The molecule has 0 bridgehead atoms. The molecule has 1 amide bonds. The van der Waals surface area contributed by atoms with Gasteiger partial charge in [-0.3, -0.25) is 9.59 Å². The highest BCUT2D eigenvalue weighted by atomic mass is 16.5. The Morgan fingerprint density at radius 2 is 1.61 bits per heavy atom. The normalized spacial score (nSPS) is 17.0. The Labute approximate surface area is 211 Å². The predicted molar refractivity (Wildman–Crippen MR) is 138 cm³/mol. The lowest BCUT2D eigenvalue weighted by Crippen LogP contribution is -2.32. The van der Waals surface area contributed by atoms with Gasteiger partial charge in [-0.05, 0) is 81.2 Å². The molecule has 1 atom stereocenters. The number of rotatable bonds is 9. The van der Waals surface area contributed by atoms with Crippen LogP contribution in [0.15, 0.2) is 84.4 Å². The van der Waals surface area contributed by atoms with Crippen molar-refractivity contribution in [2.24, 2.45) is 0 Å². The Hall–Kier alpha value is -4.10. The zero-order valence-corrected chi connectivity index (χ0v) is 20.7. The van der Waals surface area contributed by atoms with Crippen LogP contribution in [0.4, 0.5) is 0 Å². The molecule has 3 aromatic carbocycles. The van der Waals surface area contributed by atoms with Crippen molar-refractivity contribution >= 4 is 17.4 Å². The summed E-state index contributed by atoms with van der Waals surface area (Å²) >= 11 is 0. The Morgan fingerprint density at radius 1 is 0.917 bits per heavy atom. The van der Waals surface area contributed by atoms with E-state index in [1.165, 1.54) is 0 Å². The van der Waals surface area contributed by atoms with E-state index in [0.29, 0.717) is 41.3 Å². The van der Waals surface area contributed by atoms with Gasteiger partial charge in [-0.2, -0.15) is 0 Å². The summed E-state index contributed by atoms with van der Waals surface area (Å²) in [5.74, 6) is 0.328. The van der Waals surface area contributed by atoms with E-state index in [1.54, 1.807) is 36.3 Å². The van der Waals surface area contributed by atoms with Crippen molar-refractivity contribution in [2.75, 3.05) is 34.3 Å². The topological polar surface area (TPSA) is 79.3 Å². The van der Waals surface area contributed by atoms with Crippen molar-refractivity contribution in [2.45, 2.75) is 12.5 Å². The number of para-hydroxylation sites is 1. The van der Waals surface area contributed by atoms with Crippen molar-refractivity contribution in [3.05, 3.63) is 95.6 Å². The number of aliphatic hydroxyl groups excluding tert-OH is 1. The molecule has 186 valence electrons.